The molecule has 0 aliphatic heterocycles. The molecule has 7 heteroatoms. The summed E-state index contributed by atoms with van der Waals surface area (Å²) in [4.78, 5) is 7.77. The molecule has 0 atom stereocenters. The molecule has 4 nitrogen and oxygen atoms in total. The van der Waals surface area contributed by atoms with Crippen molar-refractivity contribution in [3.63, 3.8) is 0 Å². The maximum absolute atomic E-state index is 13.1. The van der Waals surface area contributed by atoms with Crippen molar-refractivity contribution in [1.82, 2.24) is 9.97 Å². The molecule has 18 heavy (non-hydrogen) atoms. The summed E-state index contributed by atoms with van der Waals surface area (Å²) in [6, 6.07) is 5.85. The first-order valence-electron chi connectivity index (χ1n) is 4.74. The highest BCUT2D eigenvalue weighted by Gasteiger charge is 2.08. The van der Waals surface area contributed by atoms with Crippen LogP contribution >= 0.6 is 27.5 Å². The smallest absolute Gasteiger partial charge is 0.149 e. The van der Waals surface area contributed by atoms with Gasteiger partial charge < -0.3 is 5.32 Å². The third-order valence-corrected chi connectivity index (χ3v) is 3.36. The van der Waals surface area contributed by atoms with Crippen LogP contribution in [0.3, 0.4) is 0 Å². The average Bonchev–Trinajstić information content (AvgIpc) is 2.37. The predicted octanol–water partition coefficient (Wildman–Crippen LogP) is 3.65. The third-order valence-electron chi connectivity index (χ3n) is 2.10. The van der Waals surface area contributed by atoms with Crippen LogP contribution in [-0.2, 0) is 0 Å². The van der Waals surface area contributed by atoms with Crippen LogP contribution < -0.4 is 5.32 Å². The van der Waals surface area contributed by atoms with E-state index in [2.05, 4.69) is 31.2 Å². The van der Waals surface area contributed by atoms with Gasteiger partial charge in [0.2, 0.25) is 0 Å². The first-order valence-corrected chi connectivity index (χ1v) is 5.91. The summed E-state index contributed by atoms with van der Waals surface area (Å²) in [7, 11) is 0. The molecule has 0 bridgehead atoms. The minimum atomic E-state index is -0.567. The van der Waals surface area contributed by atoms with E-state index in [0.717, 1.165) is 0 Å². The molecule has 0 fully saturated rings. The number of rotatable bonds is 2. The van der Waals surface area contributed by atoms with Crippen molar-refractivity contribution in [2.24, 2.45) is 0 Å². The summed E-state index contributed by atoms with van der Waals surface area (Å²) < 4.78 is 13.6. The zero-order valence-corrected chi connectivity index (χ0v) is 11.1. The van der Waals surface area contributed by atoms with Crippen molar-refractivity contribution in [3.05, 3.63) is 45.5 Å². The molecule has 1 aromatic heterocycles. The number of hydrogen-bond donors (Lipinski definition) is 1. The Bertz CT molecular complexity index is 641. The van der Waals surface area contributed by atoms with E-state index in [4.69, 9.17) is 16.9 Å². The number of nitrogens with one attached hydrogen (secondary N) is 1. The lowest BCUT2D eigenvalue weighted by atomic mass is 10.2. The zero-order valence-electron chi connectivity index (χ0n) is 8.78. The fourth-order valence-electron chi connectivity index (χ4n) is 1.26. The number of halogens is 3. The second-order valence-electron chi connectivity index (χ2n) is 3.26. The Morgan fingerprint density at radius 2 is 2.17 bits per heavy atom. The van der Waals surface area contributed by atoms with Crippen molar-refractivity contribution in [2.75, 3.05) is 5.32 Å². The first-order chi connectivity index (χ1) is 8.61. The fraction of sp³-hybridized carbons (Fsp3) is 0. The van der Waals surface area contributed by atoms with Crippen LogP contribution in [-0.4, -0.2) is 9.97 Å². The molecule has 1 heterocycles. The Morgan fingerprint density at radius 3 is 2.89 bits per heavy atom. The van der Waals surface area contributed by atoms with Gasteiger partial charge in [-0.15, -0.1) is 0 Å². The summed E-state index contributed by atoms with van der Waals surface area (Å²) in [5.74, 6) is -0.131. The number of hydrogen-bond acceptors (Lipinski definition) is 4. The molecule has 0 aliphatic rings. The van der Waals surface area contributed by atoms with E-state index in [9.17, 15) is 4.39 Å². The van der Waals surface area contributed by atoms with Crippen molar-refractivity contribution in [3.8, 4) is 6.07 Å². The summed E-state index contributed by atoms with van der Waals surface area (Å²) in [5, 5.41) is 11.9. The molecule has 90 valence electrons. The van der Waals surface area contributed by atoms with E-state index in [1.54, 1.807) is 6.07 Å². The van der Waals surface area contributed by atoms with Crippen LogP contribution in [0.15, 0.2) is 29.0 Å². The predicted molar refractivity (Wildman–Crippen MR) is 69.1 cm³/mol. The quantitative estimate of drug-likeness (QED) is 0.855. The molecule has 2 aromatic rings. The van der Waals surface area contributed by atoms with Gasteiger partial charge in [0.15, 0.2) is 0 Å². The molecule has 0 saturated heterocycles. The first kappa shape index (κ1) is 12.7. The lowest BCUT2D eigenvalue weighted by Crippen LogP contribution is -1.97. The fourth-order valence-corrected chi connectivity index (χ4v) is 1.70. The molecular formula is C11H5BrClFN4. The van der Waals surface area contributed by atoms with Gasteiger partial charge in [-0.05, 0) is 34.1 Å². The Kier molecular flexibility index (Phi) is 3.75. The second kappa shape index (κ2) is 5.29. The lowest BCUT2D eigenvalue weighted by molar-refractivity contribution is 0.624. The minimum Gasteiger partial charge on any atom is -0.339 e. The Balaban J connectivity index is 2.35. The monoisotopic (exact) mass is 326 g/mol. The summed E-state index contributed by atoms with van der Waals surface area (Å²) in [5.41, 5.74) is 0.486. The Labute approximate surface area is 116 Å². The van der Waals surface area contributed by atoms with Crippen LogP contribution in [0.5, 0.6) is 0 Å². The summed E-state index contributed by atoms with van der Waals surface area (Å²) in [6.45, 7) is 0. The SMILES string of the molecule is N#Cc1cc(Nc2ncnc(Cl)c2Br)ccc1F. The normalized spacial score (nSPS) is 9.89. The van der Waals surface area contributed by atoms with Gasteiger partial charge in [0, 0.05) is 5.69 Å². The second-order valence-corrected chi connectivity index (χ2v) is 4.41. The highest BCUT2D eigenvalue weighted by Crippen LogP contribution is 2.28. The Morgan fingerprint density at radius 1 is 1.39 bits per heavy atom. The topological polar surface area (TPSA) is 61.6 Å². The van der Waals surface area contributed by atoms with Gasteiger partial charge in [-0.3, -0.25) is 0 Å². The molecule has 0 aliphatic carbocycles. The van der Waals surface area contributed by atoms with E-state index in [0.29, 0.717) is 16.0 Å². The molecule has 0 saturated carbocycles. The minimum absolute atomic E-state index is 0.0451. The van der Waals surface area contributed by atoms with Crippen LogP contribution in [0.4, 0.5) is 15.9 Å². The van der Waals surface area contributed by atoms with Gasteiger partial charge >= 0.3 is 0 Å². The van der Waals surface area contributed by atoms with Crippen LogP contribution in [0.1, 0.15) is 5.56 Å². The standard InChI is InChI=1S/C11H5BrClFN4/c12-9-10(13)16-5-17-11(9)18-7-1-2-8(14)6(3-7)4-15/h1-3,5H,(H,16,17,18). The van der Waals surface area contributed by atoms with Crippen LogP contribution in [0, 0.1) is 17.1 Å². The molecule has 0 unspecified atom stereocenters. The Hall–Kier alpha value is -1.71. The van der Waals surface area contributed by atoms with E-state index < -0.39 is 5.82 Å². The van der Waals surface area contributed by atoms with Crippen molar-refractivity contribution >= 4 is 39.0 Å². The van der Waals surface area contributed by atoms with E-state index in [1.165, 1.54) is 24.5 Å². The van der Waals surface area contributed by atoms with Gasteiger partial charge in [-0.1, -0.05) is 11.6 Å². The lowest BCUT2D eigenvalue weighted by Gasteiger charge is -2.08. The molecule has 2 rings (SSSR count). The summed E-state index contributed by atoms with van der Waals surface area (Å²) in [6.07, 6.45) is 1.30. The maximum Gasteiger partial charge on any atom is 0.149 e. The van der Waals surface area contributed by atoms with Gasteiger partial charge in [0.05, 0.1) is 10.0 Å². The van der Waals surface area contributed by atoms with Gasteiger partial charge in [-0.25, -0.2) is 14.4 Å². The average molecular weight is 328 g/mol. The number of nitriles is 1. The number of nitrogens with zero attached hydrogens (tertiary/aromatic N) is 3. The molecule has 0 spiro atoms. The van der Waals surface area contributed by atoms with Crippen LogP contribution in [0.2, 0.25) is 5.15 Å². The number of benzene rings is 1. The zero-order chi connectivity index (χ0) is 13.1. The van der Waals surface area contributed by atoms with Gasteiger partial charge in [0.25, 0.3) is 0 Å². The van der Waals surface area contributed by atoms with Crippen molar-refractivity contribution < 1.29 is 4.39 Å². The molecule has 0 amide bonds. The van der Waals surface area contributed by atoms with Crippen LogP contribution in [0.25, 0.3) is 0 Å². The molecule has 1 aromatic carbocycles. The number of aromatic nitrogens is 2. The summed E-state index contributed by atoms with van der Waals surface area (Å²) >= 11 is 9.04. The van der Waals surface area contributed by atoms with E-state index >= 15 is 0 Å². The van der Waals surface area contributed by atoms with Crippen molar-refractivity contribution in [2.45, 2.75) is 0 Å². The highest BCUT2D eigenvalue weighted by atomic mass is 79.9. The number of anilines is 2. The van der Waals surface area contributed by atoms with E-state index in [1.807, 2.05) is 0 Å². The van der Waals surface area contributed by atoms with Gasteiger partial charge in [0.1, 0.15) is 29.2 Å². The molecule has 0 radical (unpaired) electrons. The maximum atomic E-state index is 13.1. The third kappa shape index (κ3) is 2.58. The highest BCUT2D eigenvalue weighted by molar-refractivity contribution is 9.10. The van der Waals surface area contributed by atoms with E-state index in [-0.39, 0.29) is 10.7 Å². The largest absolute Gasteiger partial charge is 0.339 e. The molecular weight excluding hydrogens is 323 g/mol. The van der Waals surface area contributed by atoms with Crippen molar-refractivity contribution in [1.29, 1.82) is 5.26 Å². The van der Waals surface area contributed by atoms with Gasteiger partial charge in [-0.2, -0.15) is 5.26 Å². The molecule has 1 N–H and O–H groups in total.